The smallest absolute Gasteiger partial charge is 0.119 e. The Labute approximate surface area is 103 Å². The lowest BCUT2D eigenvalue weighted by Crippen LogP contribution is -1.95. The van der Waals surface area contributed by atoms with Crippen molar-refractivity contribution in [3.63, 3.8) is 0 Å². The summed E-state index contributed by atoms with van der Waals surface area (Å²) in [5, 5.41) is 0. The number of rotatable bonds is 5. The minimum atomic E-state index is 0.744. The van der Waals surface area contributed by atoms with Crippen molar-refractivity contribution in [1.82, 2.24) is 0 Å². The molecule has 0 saturated heterocycles. The summed E-state index contributed by atoms with van der Waals surface area (Å²) in [4.78, 5) is 0. The third-order valence-corrected chi connectivity index (χ3v) is 2.62. The Morgan fingerprint density at radius 2 is 1.47 bits per heavy atom. The summed E-state index contributed by atoms with van der Waals surface area (Å²) >= 11 is 0. The zero-order valence-corrected chi connectivity index (χ0v) is 9.93. The third-order valence-electron chi connectivity index (χ3n) is 2.62. The number of benzene rings is 2. The molecule has 1 radical (unpaired) electrons. The molecule has 87 valence electrons. The lowest BCUT2D eigenvalue weighted by Gasteiger charge is -2.06. The van der Waals surface area contributed by atoms with E-state index in [-0.39, 0.29) is 0 Å². The normalized spacial score (nSPS) is 10.2. The van der Waals surface area contributed by atoms with Gasteiger partial charge < -0.3 is 4.74 Å². The van der Waals surface area contributed by atoms with Crippen LogP contribution >= 0.6 is 0 Å². The maximum Gasteiger partial charge on any atom is 0.119 e. The average molecular weight is 225 g/mol. The Bertz CT molecular complexity index is 431. The van der Waals surface area contributed by atoms with Gasteiger partial charge in [-0.25, -0.2) is 0 Å². The highest BCUT2D eigenvalue weighted by Gasteiger charge is 1.97. The molecule has 1 nitrogen and oxygen atoms in total. The first-order chi connectivity index (χ1) is 8.40. The van der Waals surface area contributed by atoms with Gasteiger partial charge in [0.25, 0.3) is 0 Å². The Morgan fingerprint density at radius 1 is 0.824 bits per heavy atom. The maximum atomic E-state index is 5.60. The van der Waals surface area contributed by atoms with E-state index in [1.165, 1.54) is 11.1 Å². The lowest BCUT2D eigenvalue weighted by atomic mass is 10.1. The van der Waals surface area contributed by atoms with Crippen LogP contribution in [0.5, 0.6) is 5.75 Å². The van der Waals surface area contributed by atoms with Crippen molar-refractivity contribution >= 4 is 0 Å². The fourth-order valence-corrected chi connectivity index (χ4v) is 1.67. The van der Waals surface area contributed by atoms with E-state index in [9.17, 15) is 0 Å². The van der Waals surface area contributed by atoms with Gasteiger partial charge >= 0.3 is 0 Å². The minimum Gasteiger partial charge on any atom is -0.494 e. The molecule has 0 amide bonds. The quantitative estimate of drug-likeness (QED) is 0.687. The number of unbranched alkanes of at least 4 members (excludes halogenated alkanes) is 1. The van der Waals surface area contributed by atoms with Crippen molar-refractivity contribution in [2.45, 2.75) is 12.8 Å². The fourth-order valence-electron chi connectivity index (χ4n) is 1.67. The van der Waals surface area contributed by atoms with Crippen molar-refractivity contribution in [2.24, 2.45) is 0 Å². The molecule has 1 heteroatoms. The predicted molar refractivity (Wildman–Crippen MR) is 72.0 cm³/mol. The zero-order chi connectivity index (χ0) is 11.9. The molecule has 0 fully saturated rings. The highest BCUT2D eigenvalue weighted by Crippen LogP contribution is 2.22. The summed E-state index contributed by atoms with van der Waals surface area (Å²) in [5.41, 5.74) is 2.45. The highest BCUT2D eigenvalue weighted by molar-refractivity contribution is 5.63. The first kappa shape index (κ1) is 11.7. The zero-order valence-electron chi connectivity index (χ0n) is 9.93. The molecule has 2 aromatic carbocycles. The molecule has 0 aliphatic carbocycles. The van der Waals surface area contributed by atoms with Crippen molar-refractivity contribution in [1.29, 1.82) is 0 Å². The molecular formula is C16H17O. The van der Waals surface area contributed by atoms with Gasteiger partial charge in [-0.3, -0.25) is 0 Å². The van der Waals surface area contributed by atoms with Gasteiger partial charge in [0.1, 0.15) is 5.75 Å². The van der Waals surface area contributed by atoms with Gasteiger partial charge in [0.2, 0.25) is 0 Å². The maximum absolute atomic E-state index is 5.60. The molecule has 0 unspecified atom stereocenters. The van der Waals surface area contributed by atoms with Gasteiger partial charge in [-0.2, -0.15) is 0 Å². The summed E-state index contributed by atoms with van der Waals surface area (Å²) in [5.74, 6) is 0.929. The number of hydrogen-bond donors (Lipinski definition) is 0. The van der Waals surface area contributed by atoms with Crippen LogP contribution in [0.2, 0.25) is 0 Å². The van der Waals surface area contributed by atoms with Crippen LogP contribution in [0.4, 0.5) is 0 Å². The number of ether oxygens (including phenoxy) is 1. The van der Waals surface area contributed by atoms with E-state index >= 15 is 0 Å². The summed E-state index contributed by atoms with van der Waals surface area (Å²) in [6.07, 6.45) is 1.92. The first-order valence-electron chi connectivity index (χ1n) is 5.97. The van der Waals surface area contributed by atoms with Crippen molar-refractivity contribution in [3.8, 4) is 16.9 Å². The molecule has 2 rings (SSSR count). The second kappa shape index (κ2) is 6.09. The van der Waals surface area contributed by atoms with Crippen LogP contribution in [0.1, 0.15) is 12.8 Å². The van der Waals surface area contributed by atoms with Crippen LogP contribution in [0.25, 0.3) is 11.1 Å². The van der Waals surface area contributed by atoms with E-state index in [1.54, 1.807) is 0 Å². The van der Waals surface area contributed by atoms with E-state index in [4.69, 9.17) is 4.74 Å². The molecule has 0 aliphatic heterocycles. The monoisotopic (exact) mass is 225 g/mol. The molecule has 0 saturated carbocycles. The molecule has 0 spiro atoms. The molecule has 2 aromatic rings. The Hall–Kier alpha value is -1.76. The van der Waals surface area contributed by atoms with E-state index < -0.39 is 0 Å². The summed E-state index contributed by atoms with van der Waals surface area (Å²) in [7, 11) is 0. The Balaban J connectivity index is 2.03. The molecule has 0 N–H and O–H groups in total. The molecule has 0 bridgehead atoms. The van der Waals surface area contributed by atoms with Crippen molar-refractivity contribution < 1.29 is 4.74 Å². The van der Waals surface area contributed by atoms with Crippen LogP contribution in [-0.4, -0.2) is 6.61 Å². The van der Waals surface area contributed by atoms with Gasteiger partial charge in [0, 0.05) is 0 Å². The van der Waals surface area contributed by atoms with E-state index in [2.05, 4.69) is 31.2 Å². The first-order valence-corrected chi connectivity index (χ1v) is 5.97. The molecule has 0 aromatic heterocycles. The molecule has 0 atom stereocenters. The van der Waals surface area contributed by atoms with Gasteiger partial charge in [-0.15, -0.1) is 0 Å². The average Bonchev–Trinajstić information content (AvgIpc) is 2.41. The number of hydrogen-bond acceptors (Lipinski definition) is 1. The third kappa shape index (κ3) is 3.35. The standard InChI is InChI=1S/C16H17O/c1-2-3-13-17-16-11-9-15(10-12-16)14-7-5-4-6-8-14/h4-12H,1-3,13H2. The Kier molecular flexibility index (Phi) is 4.20. The van der Waals surface area contributed by atoms with E-state index in [1.807, 2.05) is 30.3 Å². The van der Waals surface area contributed by atoms with Gasteiger partial charge in [0.05, 0.1) is 6.61 Å². The Morgan fingerprint density at radius 3 is 2.12 bits per heavy atom. The van der Waals surface area contributed by atoms with Gasteiger partial charge in [0.15, 0.2) is 0 Å². The molecular weight excluding hydrogens is 208 g/mol. The fraction of sp³-hybridized carbons (Fsp3) is 0.188. The summed E-state index contributed by atoms with van der Waals surface area (Å²) < 4.78 is 5.60. The highest BCUT2D eigenvalue weighted by atomic mass is 16.5. The molecule has 0 heterocycles. The second-order valence-corrected chi connectivity index (χ2v) is 3.95. The van der Waals surface area contributed by atoms with E-state index in [0.29, 0.717) is 0 Å². The topological polar surface area (TPSA) is 9.23 Å². The van der Waals surface area contributed by atoms with E-state index in [0.717, 1.165) is 25.2 Å². The van der Waals surface area contributed by atoms with Crippen LogP contribution in [0, 0.1) is 6.92 Å². The van der Waals surface area contributed by atoms with Gasteiger partial charge in [-0.1, -0.05) is 55.8 Å². The van der Waals surface area contributed by atoms with Crippen LogP contribution < -0.4 is 4.74 Å². The lowest BCUT2D eigenvalue weighted by molar-refractivity contribution is 0.312. The SMILES string of the molecule is [CH2]CCCOc1ccc(-c2ccccc2)cc1. The minimum absolute atomic E-state index is 0.744. The predicted octanol–water partition coefficient (Wildman–Crippen LogP) is 4.35. The van der Waals surface area contributed by atoms with Gasteiger partial charge in [-0.05, 0) is 29.7 Å². The summed E-state index contributed by atoms with van der Waals surface area (Å²) in [6.45, 7) is 4.53. The van der Waals surface area contributed by atoms with Crippen LogP contribution in [0.3, 0.4) is 0 Å². The van der Waals surface area contributed by atoms with Crippen LogP contribution in [0.15, 0.2) is 54.6 Å². The van der Waals surface area contributed by atoms with Crippen molar-refractivity contribution in [3.05, 3.63) is 61.5 Å². The van der Waals surface area contributed by atoms with Crippen molar-refractivity contribution in [2.75, 3.05) is 6.61 Å². The second-order valence-electron chi connectivity index (χ2n) is 3.95. The summed E-state index contributed by atoms with van der Waals surface area (Å²) in [6, 6.07) is 18.6. The van der Waals surface area contributed by atoms with Crippen LogP contribution in [-0.2, 0) is 0 Å². The largest absolute Gasteiger partial charge is 0.494 e. The molecule has 17 heavy (non-hydrogen) atoms. The molecule has 0 aliphatic rings.